The second-order valence-electron chi connectivity index (χ2n) is 4.05. The summed E-state index contributed by atoms with van der Waals surface area (Å²) < 4.78 is 33.1. The molecule has 0 aromatic carbocycles. The number of carbonyl (C=O) groups excluding carboxylic acids is 1. The van der Waals surface area contributed by atoms with Crippen molar-refractivity contribution in [3.05, 3.63) is 0 Å². The maximum Gasteiger partial charge on any atom is 0.302 e. The molecule has 6 heteroatoms. The molecule has 14 heavy (non-hydrogen) atoms. The Morgan fingerprint density at radius 2 is 2.07 bits per heavy atom. The minimum absolute atomic E-state index is 0.0267. The van der Waals surface area contributed by atoms with Crippen LogP contribution < -0.4 is 0 Å². The largest absolute Gasteiger partial charge is 0.339 e. The van der Waals surface area contributed by atoms with E-state index in [-0.39, 0.29) is 18.2 Å². The van der Waals surface area contributed by atoms with Crippen LogP contribution in [0.5, 0.6) is 0 Å². The number of halogens is 1. The molecule has 80 valence electrons. The molecule has 2 aliphatic rings. The first-order valence-corrected chi connectivity index (χ1v) is 6.23. The van der Waals surface area contributed by atoms with Gasteiger partial charge in [-0.3, -0.25) is 4.79 Å². The second-order valence-corrected chi connectivity index (χ2v) is 5.46. The Kier molecular flexibility index (Phi) is 2.25. The van der Waals surface area contributed by atoms with Gasteiger partial charge in [0.15, 0.2) is 0 Å². The van der Waals surface area contributed by atoms with Crippen molar-refractivity contribution in [3.8, 4) is 0 Å². The zero-order chi connectivity index (χ0) is 10.3. The third-order valence-corrected chi connectivity index (χ3v) is 3.53. The topological polar surface area (TPSA) is 54.5 Å². The lowest BCUT2D eigenvalue weighted by Gasteiger charge is -2.14. The predicted octanol–water partition coefficient (Wildman–Crippen LogP) is 0.297. The number of nitrogens with zero attached hydrogens (tertiary/aromatic N) is 1. The van der Waals surface area contributed by atoms with Crippen molar-refractivity contribution in [1.29, 1.82) is 0 Å². The van der Waals surface area contributed by atoms with Crippen LogP contribution in [-0.4, -0.2) is 37.6 Å². The Labute approximate surface area is 82.3 Å². The Hall–Kier alpha value is -0.650. The van der Waals surface area contributed by atoms with Gasteiger partial charge in [-0.05, 0) is 12.8 Å². The molecule has 1 atom stereocenters. The van der Waals surface area contributed by atoms with Gasteiger partial charge in [0.2, 0.25) is 5.91 Å². The molecule has 1 aliphatic heterocycles. The zero-order valence-electron chi connectivity index (χ0n) is 7.65. The van der Waals surface area contributed by atoms with E-state index >= 15 is 0 Å². The number of amides is 1. The first-order valence-electron chi connectivity index (χ1n) is 4.67. The van der Waals surface area contributed by atoms with Gasteiger partial charge in [0.25, 0.3) is 0 Å². The van der Waals surface area contributed by atoms with E-state index in [2.05, 4.69) is 0 Å². The first-order chi connectivity index (χ1) is 6.46. The van der Waals surface area contributed by atoms with Crippen molar-refractivity contribution in [1.82, 2.24) is 4.90 Å². The highest BCUT2D eigenvalue weighted by atomic mass is 32.3. The van der Waals surface area contributed by atoms with Crippen molar-refractivity contribution >= 4 is 16.1 Å². The number of likely N-dealkylation sites (tertiary alicyclic amines) is 1. The minimum Gasteiger partial charge on any atom is -0.339 e. The lowest BCUT2D eigenvalue weighted by atomic mass is 10.1. The third-order valence-electron chi connectivity index (χ3n) is 2.66. The molecule has 0 radical (unpaired) electrons. The van der Waals surface area contributed by atoms with Crippen LogP contribution >= 0.6 is 0 Å². The summed E-state index contributed by atoms with van der Waals surface area (Å²) in [5.74, 6) is -0.888. The normalized spacial score (nSPS) is 28.5. The molecule has 1 aliphatic carbocycles. The van der Waals surface area contributed by atoms with Crippen molar-refractivity contribution < 1.29 is 17.1 Å². The molecule has 1 saturated heterocycles. The van der Waals surface area contributed by atoms with E-state index in [9.17, 15) is 17.1 Å². The van der Waals surface area contributed by atoms with Crippen LogP contribution in [0, 0.1) is 5.92 Å². The lowest BCUT2D eigenvalue weighted by molar-refractivity contribution is -0.128. The number of rotatable bonds is 3. The molecule has 0 spiro atoms. The average molecular weight is 221 g/mol. The fourth-order valence-corrected chi connectivity index (χ4v) is 2.73. The average Bonchev–Trinajstić information content (AvgIpc) is 2.75. The summed E-state index contributed by atoms with van der Waals surface area (Å²) in [7, 11) is -4.44. The van der Waals surface area contributed by atoms with Crippen molar-refractivity contribution in [2.75, 3.05) is 12.3 Å². The Bertz CT molecular complexity index is 350. The van der Waals surface area contributed by atoms with Gasteiger partial charge in [-0.25, -0.2) is 0 Å². The van der Waals surface area contributed by atoms with Gasteiger partial charge in [0, 0.05) is 24.9 Å². The quantitative estimate of drug-likeness (QED) is 0.644. The second kappa shape index (κ2) is 3.18. The summed E-state index contributed by atoms with van der Waals surface area (Å²) in [4.78, 5) is 13.1. The molecule has 2 fully saturated rings. The number of hydrogen-bond donors (Lipinski definition) is 0. The van der Waals surface area contributed by atoms with Crippen molar-refractivity contribution in [3.63, 3.8) is 0 Å². The standard InChI is InChI=1S/C8H12FNO3S/c9-14(12,13)5-6-3-8(11)10(4-6)7-1-2-7/h6-7H,1-5H2. The van der Waals surface area contributed by atoms with Crippen LogP contribution in [-0.2, 0) is 15.0 Å². The van der Waals surface area contributed by atoms with Gasteiger partial charge in [-0.1, -0.05) is 0 Å². The van der Waals surface area contributed by atoms with E-state index < -0.39 is 16.0 Å². The summed E-state index contributed by atoms with van der Waals surface area (Å²) >= 11 is 0. The lowest BCUT2D eigenvalue weighted by Crippen LogP contribution is -2.27. The van der Waals surface area contributed by atoms with E-state index in [0.717, 1.165) is 12.8 Å². The van der Waals surface area contributed by atoms with E-state index in [4.69, 9.17) is 0 Å². The van der Waals surface area contributed by atoms with Crippen LogP contribution in [0.25, 0.3) is 0 Å². The van der Waals surface area contributed by atoms with Crippen LogP contribution in [0.3, 0.4) is 0 Å². The van der Waals surface area contributed by atoms with Gasteiger partial charge in [0.1, 0.15) is 0 Å². The number of hydrogen-bond acceptors (Lipinski definition) is 3. The summed E-state index contributed by atoms with van der Waals surface area (Å²) in [6.45, 7) is 0.409. The van der Waals surface area contributed by atoms with Crippen LogP contribution in [0.15, 0.2) is 0 Å². The summed E-state index contributed by atoms with van der Waals surface area (Å²) in [5, 5.41) is 0. The molecule has 0 aromatic heterocycles. The zero-order valence-corrected chi connectivity index (χ0v) is 8.46. The number of carbonyl (C=O) groups is 1. The van der Waals surface area contributed by atoms with Gasteiger partial charge in [-0.2, -0.15) is 8.42 Å². The summed E-state index contributed by atoms with van der Waals surface area (Å²) in [5.41, 5.74) is 0. The Morgan fingerprint density at radius 3 is 2.57 bits per heavy atom. The fraction of sp³-hybridized carbons (Fsp3) is 0.875. The molecule has 4 nitrogen and oxygen atoms in total. The van der Waals surface area contributed by atoms with Crippen LogP contribution in [0.4, 0.5) is 3.89 Å². The summed E-state index contributed by atoms with van der Waals surface area (Å²) in [6, 6.07) is 0.301. The van der Waals surface area contributed by atoms with Crippen LogP contribution in [0.2, 0.25) is 0 Å². The van der Waals surface area contributed by atoms with Gasteiger partial charge >= 0.3 is 10.2 Å². The summed E-state index contributed by atoms with van der Waals surface area (Å²) in [6.07, 6.45) is 2.18. The molecule has 0 bridgehead atoms. The highest BCUT2D eigenvalue weighted by Gasteiger charge is 2.40. The molecule has 0 N–H and O–H groups in total. The molecule has 1 heterocycles. The highest BCUT2D eigenvalue weighted by Crippen LogP contribution is 2.32. The molecule has 1 amide bonds. The van der Waals surface area contributed by atoms with E-state index in [1.54, 1.807) is 4.90 Å². The molecule has 1 saturated carbocycles. The maximum absolute atomic E-state index is 12.4. The van der Waals surface area contributed by atoms with E-state index in [0.29, 0.717) is 12.6 Å². The molecular formula is C8H12FNO3S. The third kappa shape index (κ3) is 2.23. The first kappa shape index (κ1) is 9.89. The molecule has 0 aromatic rings. The Morgan fingerprint density at radius 1 is 1.43 bits per heavy atom. The molecule has 1 unspecified atom stereocenters. The minimum atomic E-state index is -4.44. The molecule has 2 rings (SSSR count). The predicted molar refractivity (Wildman–Crippen MR) is 47.7 cm³/mol. The van der Waals surface area contributed by atoms with Crippen molar-refractivity contribution in [2.45, 2.75) is 25.3 Å². The van der Waals surface area contributed by atoms with Gasteiger partial charge < -0.3 is 4.90 Å². The fourth-order valence-electron chi connectivity index (χ4n) is 1.94. The monoisotopic (exact) mass is 221 g/mol. The van der Waals surface area contributed by atoms with Gasteiger partial charge in [-0.15, -0.1) is 3.89 Å². The van der Waals surface area contributed by atoms with Crippen molar-refractivity contribution in [2.24, 2.45) is 5.92 Å². The highest BCUT2D eigenvalue weighted by molar-refractivity contribution is 7.86. The molecular weight excluding hydrogens is 209 g/mol. The maximum atomic E-state index is 12.4. The smallest absolute Gasteiger partial charge is 0.302 e. The van der Waals surface area contributed by atoms with Gasteiger partial charge in [0.05, 0.1) is 5.75 Å². The van der Waals surface area contributed by atoms with Crippen LogP contribution in [0.1, 0.15) is 19.3 Å². The van der Waals surface area contributed by atoms with E-state index in [1.807, 2.05) is 0 Å². The Balaban J connectivity index is 1.95. The van der Waals surface area contributed by atoms with E-state index in [1.165, 1.54) is 0 Å². The SMILES string of the molecule is O=C1CC(CS(=O)(=O)F)CN1C1CC1.